The maximum atomic E-state index is 12.1. The van der Waals surface area contributed by atoms with E-state index in [2.05, 4.69) is 4.98 Å². The number of ether oxygens (including phenoxy) is 1. The molecular weight excluding hydrogens is 249 g/mol. The third kappa shape index (κ3) is 2.29. The topological polar surface area (TPSA) is 44.1 Å². The first-order valence-electron chi connectivity index (χ1n) is 5.01. The molecule has 2 aromatic heterocycles. The van der Waals surface area contributed by atoms with Crippen LogP contribution in [0, 0.1) is 0 Å². The minimum atomic E-state index is -4.41. The number of hydrogen-bond donors (Lipinski definition) is 0. The monoisotopic (exact) mass is 258 g/mol. The van der Waals surface area contributed by atoms with Crippen LogP contribution < -0.4 is 4.74 Å². The number of nitrogens with zero attached hydrogens (tertiary/aromatic N) is 2. The first-order chi connectivity index (χ1) is 8.42. The second-order valence-electron chi connectivity index (χ2n) is 3.69. The summed E-state index contributed by atoms with van der Waals surface area (Å²) >= 11 is 0. The highest BCUT2D eigenvalue weighted by molar-refractivity contribution is 5.89. The lowest BCUT2D eigenvalue weighted by Crippen LogP contribution is -2.19. The van der Waals surface area contributed by atoms with Crippen LogP contribution >= 0.6 is 0 Å². The zero-order valence-corrected chi connectivity index (χ0v) is 9.36. The largest absolute Gasteiger partial charge is 0.482 e. The van der Waals surface area contributed by atoms with Crippen molar-refractivity contribution < 1.29 is 22.7 Å². The molecule has 2 aromatic rings. The standard InChI is InChI=1S/C11H9F3N2O2/c1-16-7(5-17)4-8-10(16)9(2-3-15-8)18-6-11(12,13)14/h2-5H,6H2,1H3. The van der Waals surface area contributed by atoms with Crippen molar-refractivity contribution in [3.63, 3.8) is 0 Å². The van der Waals surface area contributed by atoms with Crippen molar-refractivity contribution in [2.45, 2.75) is 6.18 Å². The fourth-order valence-corrected chi connectivity index (χ4v) is 1.65. The third-order valence-electron chi connectivity index (χ3n) is 2.43. The Morgan fingerprint density at radius 3 is 2.83 bits per heavy atom. The molecular formula is C11H9F3N2O2. The maximum absolute atomic E-state index is 12.1. The number of aromatic nitrogens is 2. The number of halogens is 3. The lowest BCUT2D eigenvalue weighted by atomic mass is 10.3. The van der Waals surface area contributed by atoms with Gasteiger partial charge in [-0.25, -0.2) is 0 Å². The summed E-state index contributed by atoms with van der Waals surface area (Å²) in [5.74, 6) is 0.0490. The van der Waals surface area contributed by atoms with Crippen molar-refractivity contribution in [2.24, 2.45) is 7.05 Å². The molecule has 0 aliphatic carbocycles. The number of pyridine rings is 1. The molecule has 0 aliphatic heterocycles. The van der Waals surface area contributed by atoms with Gasteiger partial charge in [-0.3, -0.25) is 9.78 Å². The van der Waals surface area contributed by atoms with Crippen molar-refractivity contribution in [1.82, 2.24) is 9.55 Å². The summed E-state index contributed by atoms with van der Waals surface area (Å²) in [6.45, 7) is -1.38. The molecule has 0 unspecified atom stereocenters. The molecule has 0 radical (unpaired) electrons. The van der Waals surface area contributed by atoms with Gasteiger partial charge in [0.25, 0.3) is 0 Å². The molecule has 2 rings (SSSR count). The third-order valence-corrected chi connectivity index (χ3v) is 2.43. The molecule has 0 N–H and O–H groups in total. The van der Waals surface area contributed by atoms with Gasteiger partial charge < -0.3 is 9.30 Å². The maximum Gasteiger partial charge on any atom is 0.422 e. The fraction of sp³-hybridized carbons (Fsp3) is 0.273. The molecule has 0 fully saturated rings. The lowest BCUT2D eigenvalue weighted by Gasteiger charge is -2.10. The Hall–Kier alpha value is -2.05. The fourth-order valence-electron chi connectivity index (χ4n) is 1.65. The Morgan fingerprint density at radius 2 is 2.22 bits per heavy atom. The Morgan fingerprint density at radius 1 is 1.50 bits per heavy atom. The van der Waals surface area contributed by atoms with Gasteiger partial charge in [-0.1, -0.05) is 0 Å². The summed E-state index contributed by atoms with van der Waals surface area (Å²) in [5.41, 5.74) is 1.10. The highest BCUT2D eigenvalue weighted by atomic mass is 19.4. The number of alkyl halides is 3. The predicted octanol–water partition coefficient (Wildman–Crippen LogP) is 2.33. The Bertz CT molecular complexity index is 590. The van der Waals surface area contributed by atoms with Crippen molar-refractivity contribution in [3.8, 4) is 5.75 Å². The second-order valence-corrected chi connectivity index (χ2v) is 3.69. The van der Waals surface area contributed by atoms with E-state index < -0.39 is 12.8 Å². The number of fused-ring (bicyclic) bond motifs is 1. The van der Waals surface area contributed by atoms with Gasteiger partial charge in [-0.05, 0) is 6.07 Å². The zero-order chi connectivity index (χ0) is 13.3. The van der Waals surface area contributed by atoms with Crippen LogP contribution in [0.2, 0.25) is 0 Å². The van der Waals surface area contributed by atoms with Crippen molar-refractivity contribution in [2.75, 3.05) is 6.61 Å². The summed E-state index contributed by atoms with van der Waals surface area (Å²) < 4.78 is 42.5. The first kappa shape index (κ1) is 12.4. The zero-order valence-electron chi connectivity index (χ0n) is 9.36. The number of rotatable bonds is 3. The van der Waals surface area contributed by atoms with Gasteiger partial charge in [0.15, 0.2) is 12.9 Å². The van der Waals surface area contributed by atoms with Crippen LogP contribution in [-0.4, -0.2) is 28.6 Å². The van der Waals surface area contributed by atoms with E-state index in [9.17, 15) is 18.0 Å². The molecule has 7 heteroatoms. The highest BCUT2D eigenvalue weighted by Gasteiger charge is 2.29. The van der Waals surface area contributed by atoms with Crippen molar-refractivity contribution >= 4 is 17.3 Å². The average Bonchev–Trinajstić information content (AvgIpc) is 2.63. The molecule has 0 spiro atoms. The molecule has 18 heavy (non-hydrogen) atoms. The lowest BCUT2D eigenvalue weighted by molar-refractivity contribution is -0.153. The summed E-state index contributed by atoms with van der Waals surface area (Å²) in [6, 6.07) is 2.82. The summed E-state index contributed by atoms with van der Waals surface area (Å²) in [4.78, 5) is 14.7. The average molecular weight is 258 g/mol. The molecule has 0 atom stereocenters. The van der Waals surface area contributed by atoms with Crippen LogP contribution in [0.3, 0.4) is 0 Å². The normalized spacial score (nSPS) is 11.8. The molecule has 0 saturated heterocycles. The molecule has 0 aromatic carbocycles. The van der Waals surface area contributed by atoms with Crippen LogP contribution in [0.15, 0.2) is 18.3 Å². The van der Waals surface area contributed by atoms with Crippen LogP contribution in [0.5, 0.6) is 5.75 Å². The first-order valence-corrected chi connectivity index (χ1v) is 5.01. The predicted molar refractivity (Wildman–Crippen MR) is 57.7 cm³/mol. The molecule has 4 nitrogen and oxygen atoms in total. The van der Waals surface area contributed by atoms with Gasteiger partial charge in [-0.2, -0.15) is 13.2 Å². The molecule has 0 amide bonds. The van der Waals surface area contributed by atoms with E-state index in [1.54, 1.807) is 7.05 Å². The van der Waals surface area contributed by atoms with E-state index in [1.807, 2.05) is 0 Å². The molecule has 0 bridgehead atoms. The quantitative estimate of drug-likeness (QED) is 0.793. The molecule has 0 aliphatic rings. The summed E-state index contributed by atoms with van der Waals surface area (Å²) in [6.07, 6.45) is -2.47. The number of hydrogen-bond acceptors (Lipinski definition) is 3. The van der Waals surface area contributed by atoms with E-state index in [1.165, 1.54) is 22.9 Å². The number of aldehydes is 1. The molecule has 96 valence electrons. The van der Waals surface area contributed by atoms with E-state index in [0.717, 1.165) is 0 Å². The van der Waals surface area contributed by atoms with Gasteiger partial charge in [0, 0.05) is 19.3 Å². The van der Waals surface area contributed by atoms with E-state index >= 15 is 0 Å². The van der Waals surface area contributed by atoms with Gasteiger partial charge in [-0.15, -0.1) is 0 Å². The van der Waals surface area contributed by atoms with Gasteiger partial charge >= 0.3 is 6.18 Å². The van der Waals surface area contributed by atoms with Crippen LogP contribution in [0.25, 0.3) is 11.0 Å². The number of aryl methyl sites for hydroxylation is 1. The minimum absolute atomic E-state index is 0.0490. The van der Waals surface area contributed by atoms with Crippen LogP contribution in [-0.2, 0) is 7.05 Å². The number of carbonyl (C=O) groups is 1. The summed E-state index contributed by atoms with van der Waals surface area (Å²) in [5, 5.41) is 0. The molecule has 2 heterocycles. The van der Waals surface area contributed by atoms with E-state index in [0.29, 0.717) is 23.0 Å². The van der Waals surface area contributed by atoms with Crippen molar-refractivity contribution in [3.05, 3.63) is 24.0 Å². The Balaban J connectivity index is 2.44. The van der Waals surface area contributed by atoms with E-state index in [-0.39, 0.29) is 5.75 Å². The number of carbonyl (C=O) groups excluding carboxylic acids is 1. The van der Waals surface area contributed by atoms with Crippen LogP contribution in [0.4, 0.5) is 13.2 Å². The van der Waals surface area contributed by atoms with Crippen LogP contribution in [0.1, 0.15) is 10.5 Å². The minimum Gasteiger partial charge on any atom is -0.482 e. The molecule has 0 saturated carbocycles. The van der Waals surface area contributed by atoms with Crippen molar-refractivity contribution in [1.29, 1.82) is 0 Å². The summed E-state index contributed by atoms with van der Waals surface area (Å²) in [7, 11) is 1.56. The highest BCUT2D eigenvalue weighted by Crippen LogP contribution is 2.27. The van der Waals surface area contributed by atoms with Gasteiger partial charge in [0.2, 0.25) is 0 Å². The smallest absolute Gasteiger partial charge is 0.422 e. The SMILES string of the molecule is Cn1c(C=O)cc2nccc(OCC(F)(F)F)c21. The van der Waals surface area contributed by atoms with Gasteiger partial charge in [0.1, 0.15) is 11.3 Å². The van der Waals surface area contributed by atoms with Gasteiger partial charge in [0.05, 0.1) is 11.2 Å². The Kier molecular flexibility index (Phi) is 2.98. The Labute approximate surface area is 100.0 Å². The second kappa shape index (κ2) is 4.32. The van der Waals surface area contributed by atoms with E-state index in [4.69, 9.17) is 4.74 Å².